The van der Waals surface area contributed by atoms with Gasteiger partial charge in [0, 0.05) is 31.8 Å². The SMILES string of the molecule is C=C/C(Cl)=C(\C(Cl)=C/C)N(CCC)CCCC.CC.CC(=O)Nc1ccc(F)c(O)c1. The van der Waals surface area contributed by atoms with Crippen LogP contribution in [0.2, 0.25) is 0 Å². The first-order chi connectivity index (χ1) is 14.7. The molecule has 0 spiro atoms. The molecule has 1 aromatic carbocycles. The van der Waals surface area contributed by atoms with Crippen molar-refractivity contribution in [1.29, 1.82) is 0 Å². The first-order valence-corrected chi connectivity index (χ1v) is 11.3. The molecule has 4 nitrogen and oxygen atoms in total. The molecule has 0 heterocycles. The number of phenols is 1. The van der Waals surface area contributed by atoms with Gasteiger partial charge in [-0.2, -0.15) is 0 Å². The highest BCUT2D eigenvalue weighted by atomic mass is 35.5. The summed E-state index contributed by atoms with van der Waals surface area (Å²) in [4.78, 5) is 12.8. The van der Waals surface area contributed by atoms with Crippen molar-refractivity contribution < 1.29 is 14.3 Å². The molecule has 1 rings (SSSR count). The Bertz CT molecular complexity index is 734. The number of carbonyl (C=O) groups excluding carboxylic acids is 1. The van der Waals surface area contributed by atoms with Crippen LogP contribution in [0, 0.1) is 5.82 Å². The maximum atomic E-state index is 12.5. The van der Waals surface area contributed by atoms with Crippen molar-refractivity contribution in [2.75, 3.05) is 18.4 Å². The first kappa shape index (κ1) is 31.2. The molecule has 7 heteroatoms. The minimum absolute atomic E-state index is 0.263. The van der Waals surface area contributed by atoms with Crippen LogP contribution < -0.4 is 5.32 Å². The number of nitrogens with zero attached hydrogens (tertiary/aromatic N) is 1. The van der Waals surface area contributed by atoms with Gasteiger partial charge >= 0.3 is 0 Å². The fourth-order valence-corrected chi connectivity index (χ4v) is 2.89. The molecule has 0 aliphatic rings. The number of rotatable bonds is 9. The Labute approximate surface area is 197 Å². The van der Waals surface area contributed by atoms with E-state index >= 15 is 0 Å². The lowest BCUT2D eigenvalue weighted by molar-refractivity contribution is -0.114. The number of carbonyl (C=O) groups is 1. The molecule has 0 aromatic heterocycles. The summed E-state index contributed by atoms with van der Waals surface area (Å²) in [5.41, 5.74) is 1.28. The highest BCUT2D eigenvalue weighted by Gasteiger charge is 2.14. The molecule has 0 fully saturated rings. The van der Waals surface area contributed by atoms with Crippen molar-refractivity contribution in [2.45, 2.75) is 60.8 Å². The van der Waals surface area contributed by atoms with E-state index in [0.717, 1.165) is 50.2 Å². The fourth-order valence-electron chi connectivity index (χ4n) is 2.40. The predicted octanol–water partition coefficient (Wildman–Crippen LogP) is 7.79. The van der Waals surface area contributed by atoms with Gasteiger partial charge in [-0.3, -0.25) is 4.79 Å². The molecular weight excluding hydrogens is 438 g/mol. The molecule has 176 valence electrons. The molecule has 31 heavy (non-hydrogen) atoms. The number of halogens is 3. The van der Waals surface area contributed by atoms with Gasteiger partial charge in [0.1, 0.15) is 0 Å². The third-order valence-corrected chi connectivity index (χ3v) is 4.47. The highest BCUT2D eigenvalue weighted by molar-refractivity contribution is 6.36. The lowest BCUT2D eigenvalue weighted by atomic mass is 10.2. The van der Waals surface area contributed by atoms with Gasteiger partial charge in [-0.05, 0) is 38.0 Å². The standard InChI is InChI=1S/C14H23Cl2N.C8H8FNO2.C2H6/c1-5-9-11-17(10-6-2)14(12(15)7-3)13(16)8-4;1-5(11)10-6-2-3-7(9)8(12)4-6;1-2/h7-8H,3,5-6,9-11H2,1-2,4H3;2-4,12H,1H3,(H,10,11);1-2H3/b13-8+,14-12-;;. The topological polar surface area (TPSA) is 52.6 Å². The monoisotopic (exact) mass is 474 g/mol. The maximum Gasteiger partial charge on any atom is 0.221 e. The molecule has 0 saturated carbocycles. The highest BCUT2D eigenvalue weighted by Crippen LogP contribution is 2.26. The van der Waals surface area contributed by atoms with Gasteiger partial charge in [0.25, 0.3) is 0 Å². The second kappa shape index (κ2) is 18.8. The Morgan fingerprint density at radius 1 is 1.23 bits per heavy atom. The normalized spacial score (nSPS) is 11.2. The lowest BCUT2D eigenvalue weighted by Gasteiger charge is -2.27. The summed E-state index contributed by atoms with van der Waals surface area (Å²) in [6.45, 7) is 17.2. The average molecular weight is 475 g/mol. The smallest absolute Gasteiger partial charge is 0.221 e. The number of hydrogen-bond acceptors (Lipinski definition) is 3. The minimum atomic E-state index is -0.705. The van der Waals surface area contributed by atoms with Crippen molar-refractivity contribution in [3.8, 4) is 5.75 Å². The average Bonchev–Trinajstić information content (AvgIpc) is 2.75. The zero-order valence-electron chi connectivity index (χ0n) is 19.6. The van der Waals surface area contributed by atoms with Crippen molar-refractivity contribution in [3.05, 3.63) is 58.5 Å². The van der Waals surface area contributed by atoms with Gasteiger partial charge in [-0.15, -0.1) is 0 Å². The molecule has 0 bridgehead atoms. The number of benzene rings is 1. The number of amides is 1. The molecule has 0 saturated heterocycles. The summed E-state index contributed by atoms with van der Waals surface area (Å²) in [7, 11) is 0. The van der Waals surface area contributed by atoms with Crippen molar-refractivity contribution in [1.82, 2.24) is 4.90 Å². The Morgan fingerprint density at radius 3 is 2.26 bits per heavy atom. The van der Waals surface area contributed by atoms with Crippen LogP contribution in [0.25, 0.3) is 0 Å². The van der Waals surface area contributed by atoms with E-state index in [1.807, 2.05) is 26.8 Å². The van der Waals surface area contributed by atoms with Crippen molar-refractivity contribution in [3.63, 3.8) is 0 Å². The van der Waals surface area contributed by atoms with E-state index in [-0.39, 0.29) is 5.91 Å². The van der Waals surface area contributed by atoms with Crippen LogP contribution in [-0.2, 0) is 4.79 Å². The molecule has 0 unspecified atom stereocenters. The van der Waals surface area contributed by atoms with E-state index in [0.29, 0.717) is 15.8 Å². The number of allylic oxidation sites excluding steroid dienone is 4. The van der Waals surface area contributed by atoms with Crippen LogP contribution in [0.1, 0.15) is 60.8 Å². The van der Waals surface area contributed by atoms with E-state index in [2.05, 4.69) is 30.6 Å². The van der Waals surface area contributed by atoms with Gasteiger partial charge < -0.3 is 15.3 Å². The molecular formula is C24H37Cl2FN2O2. The largest absolute Gasteiger partial charge is 0.505 e. The summed E-state index contributed by atoms with van der Waals surface area (Å²) < 4.78 is 12.5. The molecule has 1 aromatic rings. The van der Waals surface area contributed by atoms with E-state index in [1.54, 1.807) is 6.08 Å². The number of aromatic hydroxyl groups is 1. The lowest BCUT2D eigenvalue weighted by Crippen LogP contribution is -2.26. The Morgan fingerprint density at radius 2 is 1.84 bits per heavy atom. The predicted molar refractivity (Wildman–Crippen MR) is 133 cm³/mol. The van der Waals surface area contributed by atoms with Crippen molar-refractivity contribution >= 4 is 34.8 Å². The number of phenolic OH excluding ortho intramolecular Hbond substituents is 1. The first-order valence-electron chi connectivity index (χ1n) is 10.6. The summed E-state index contributed by atoms with van der Waals surface area (Å²) in [5.74, 6) is -1.44. The molecule has 0 atom stereocenters. The number of nitrogens with one attached hydrogen (secondary N) is 1. The second-order valence-electron chi connectivity index (χ2n) is 6.23. The Kier molecular flexibility index (Phi) is 18.9. The quantitative estimate of drug-likeness (QED) is 0.359. The third kappa shape index (κ3) is 13.1. The zero-order chi connectivity index (χ0) is 24.4. The second-order valence-corrected chi connectivity index (χ2v) is 7.04. The van der Waals surface area contributed by atoms with E-state index in [9.17, 15) is 9.18 Å². The third-order valence-electron chi connectivity index (χ3n) is 3.74. The summed E-state index contributed by atoms with van der Waals surface area (Å²) in [6.07, 6.45) is 6.89. The molecule has 0 aliphatic heterocycles. The van der Waals surface area contributed by atoms with Gasteiger partial charge in [0.15, 0.2) is 11.6 Å². The van der Waals surface area contributed by atoms with E-state index in [4.69, 9.17) is 28.3 Å². The van der Waals surface area contributed by atoms with Crippen molar-refractivity contribution in [2.24, 2.45) is 0 Å². The van der Waals surface area contributed by atoms with E-state index in [1.165, 1.54) is 13.0 Å². The molecule has 0 radical (unpaired) electrons. The summed E-state index contributed by atoms with van der Waals surface area (Å²) in [5, 5.41) is 12.6. The summed E-state index contributed by atoms with van der Waals surface area (Å²) in [6, 6.07) is 3.60. The molecule has 0 aliphatic carbocycles. The van der Waals surface area contributed by atoms with Gasteiger partial charge in [0.05, 0.1) is 15.8 Å². The number of unbranched alkanes of at least 4 members (excludes halogenated alkanes) is 1. The van der Waals surface area contributed by atoms with E-state index < -0.39 is 11.6 Å². The molecule has 2 N–H and O–H groups in total. The zero-order valence-corrected chi connectivity index (χ0v) is 21.1. The van der Waals surface area contributed by atoms with Crippen LogP contribution in [0.4, 0.5) is 10.1 Å². The number of hydrogen-bond donors (Lipinski definition) is 2. The summed E-state index contributed by atoms with van der Waals surface area (Å²) >= 11 is 12.5. The van der Waals surface area contributed by atoms with Crippen LogP contribution in [0.5, 0.6) is 5.75 Å². The maximum absolute atomic E-state index is 12.5. The fraction of sp³-hybridized carbons (Fsp3) is 0.458. The van der Waals surface area contributed by atoms with Crippen LogP contribution in [-0.4, -0.2) is 29.0 Å². The van der Waals surface area contributed by atoms with Gasteiger partial charge in [0.2, 0.25) is 5.91 Å². The van der Waals surface area contributed by atoms with Crippen LogP contribution in [0.3, 0.4) is 0 Å². The number of anilines is 1. The Balaban J connectivity index is 0. The van der Waals surface area contributed by atoms with Gasteiger partial charge in [-0.1, -0.05) is 70.0 Å². The van der Waals surface area contributed by atoms with Gasteiger partial charge in [-0.25, -0.2) is 4.39 Å². The van der Waals surface area contributed by atoms with Crippen LogP contribution >= 0.6 is 23.2 Å². The minimum Gasteiger partial charge on any atom is -0.505 e. The van der Waals surface area contributed by atoms with Crippen LogP contribution in [0.15, 0.2) is 52.7 Å². The Hall–Kier alpha value is -1.98. The molecule has 1 amide bonds.